The molecule has 0 aliphatic rings. The Bertz CT molecular complexity index is 2720. The second kappa shape index (κ2) is 26.4. The molecule has 0 aliphatic carbocycles. The normalized spacial score (nSPS) is 12.1. The number of ketones is 2. The monoisotopic (exact) mass is 1030 g/mol. The number of carbonyl (C=O) groups is 6. The Labute approximate surface area is 445 Å². The van der Waals surface area contributed by atoms with Crippen LogP contribution in [0.2, 0.25) is 0 Å². The summed E-state index contributed by atoms with van der Waals surface area (Å²) in [7, 11) is 0. The molecule has 0 aromatic heterocycles. The smallest absolute Gasteiger partial charge is 0.316 e. The van der Waals surface area contributed by atoms with Gasteiger partial charge in [0.15, 0.2) is 11.6 Å². The SMILES string of the molecule is C=CC(C)(C)c1cc(C=CC(=O)c2ccc(OC(=O)C(C)(C)C)cc2)c(OCC)cc1OC(=O)C(C)(C)C.CCCOc1cc(OC(=O)C(C)(C)C)c(CCC)cc1C=CC(=O)c1ccc(OC(=O)C(C)(C)C)cc1. The maximum absolute atomic E-state index is 12.9. The molecule has 12 heteroatoms. The van der Waals surface area contributed by atoms with Gasteiger partial charge in [0.25, 0.3) is 0 Å². The van der Waals surface area contributed by atoms with Gasteiger partial charge in [0.1, 0.15) is 34.5 Å². The van der Waals surface area contributed by atoms with Gasteiger partial charge < -0.3 is 28.4 Å². The van der Waals surface area contributed by atoms with Crippen LogP contribution in [-0.4, -0.2) is 48.7 Å². The van der Waals surface area contributed by atoms with Crippen molar-refractivity contribution in [3.63, 3.8) is 0 Å². The van der Waals surface area contributed by atoms with Crippen molar-refractivity contribution < 1.29 is 57.2 Å². The molecular weight excluding hydrogens is 949 g/mol. The van der Waals surface area contributed by atoms with Crippen LogP contribution in [-0.2, 0) is 31.0 Å². The molecule has 0 bridgehead atoms. The average Bonchev–Trinajstić information content (AvgIpc) is 3.32. The summed E-state index contributed by atoms with van der Waals surface area (Å²) in [5, 5.41) is 0. The molecule has 4 rings (SSSR count). The molecule has 0 saturated carbocycles. The van der Waals surface area contributed by atoms with Gasteiger partial charge in [0.2, 0.25) is 0 Å². The highest BCUT2D eigenvalue weighted by Gasteiger charge is 2.30. The summed E-state index contributed by atoms with van der Waals surface area (Å²) < 4.78 is 34.1. The minimum atomic E-state index is -0.688. The minimum Gasteiger partial charge on any atom is -0.493 e. The van der Waals surface area contributed by atoms with E-state index in [1.54, 1.807) is 141 Å². The van der Waals surface area contributed by atoms with Crippen LogP contribution in [0.4, 0.5) is 0 Å². The lowest BCUT2D eigenvalue weighted by Gasteiger charge is -2.26. The summed E-state index contributed by atoms with van der Waals surface area (Å²) in [5.41, 5.74) is 0.822. The van der Waals surface area contributed by atoms with Gasteiger partial charge in [0.05, 0.1) is 34.9 Å². The number of rotatable bonds is 19. The van der Waals surface area contributed by atoms with Gasteiger partial charge in [-0.3, -0.25) is 28.8 Å². The first kappa shape index (κ1) is 62.2. The van der Waals surface area contributed by atoms with E-state index in [4.69, 9.17) is 28.4 Å². The molecule has 4 aromatic rings. The van der Waals surface area contributed by atoms with Gasteiger partial charge in [-0.1, -0.05) is 40.2 Å². The number of ether oxygens (including phenoxy) is 6. The van der Waals surface area contributed by atoms with Crippen LogP contribution in [0.15, 0.2) is 97.6 Å². The third-order valence-electron chi connectivity index (χ3n) is 11.2. The first-order valence-corrected chi connectivity index (χ1v) is 25.5. The second-order valence-corrected chi connectivity index (χ2v) is 22.8. The quantitative estimate of drug-likeness (QED) is 0.0288. The van der Waals surface area contributed by atoms with E-state index in [1.807, 2.05) is 60.6 Å². The summed E-state index contributed by atoms with van der Waals surface area (Å²) >= 11 is 0. The first-order valence-electron chi connectivity index (χ1n) is 25.5. The predicted molar refractivity (Wildman–Crippen MR) is 297 cm³/mol. The van der Waals surface area contributed by atoms with Crippen molar-refractivity contribution in [2.45, 2.75) is 142 Å². The van der Waals surface area contributed by atoms with E-state index < -0.39 is 27.1 Å². The number of benzene rings is 4. The first-order chi connectivity index (χ1) is 34.7. The van der Waals surface area contributed by atoms with Gasteiger partial charge in [-0.25, -0.2) is 0 Å². The summed E-state index contributed by atoms with van der Waals surface area (Å²) in [6, 6.07) is 20.1. The van der Waals surface area contributed by atoms with Crippen LogP contribution in [0.3, 0.4) is 0 Å². The highest BCUT2D eigenvalue weighted by molar-refractivity contribution is 6.07. The van der Waals surface area contributed by atoms with Crippen molar-refractivity contribution in [3.05, 3.63) is 131 Å². The standard InChI is InChI=1S/C32H40O6.C31H40O6/c1-11-32(9,10)24-19-22(26(36-12-2)20-27(24)38-29(35)31(6,7)8)15-18-25(33)21-13-16-23(17-14-21)37-28(34)30(3,4)5;1-9-11-22-19-23(26(35-18-10-2)20-27(22)37-29(34)31(6,7)8)14-17-25(32)21-12-15-24(16-13-21)36-28(33)30(3,4)5/h11,13-20H,1,12H2,2-10H3;12-17,19-20H,9-11,18H2,1-8H3. The zero-order valence-corrected chi connectivity index (χ0v) is 47.5. The lowest BCUT2D eigenvalue weighted by Crippen LogP contribution is -2.27. The van der Waals surface area contributed by atoms with Gasteiger partial charge in [-0.2, -0.15) is 0 Å². The van der Waals surface area contributed by atoms with Crippen LogP contribution in [0, 0.1) is 21.7 Å². The van der Waals surface area contributed by atoms with Gasteiger partial charge in [0, 0.05) is 45.4 Å². The topological polar surface area (TPSA) is 158 Å². The van der Waals surface area contributed by atoms with Crippen LogP contribution >= 0.6 is 0 Å². The number of aryl methyl sites for hydroxylation is 1. The lowest BCUT2D eigenvalue weighted by molar-refractivity contribution is -0.143. The fourth-order valence-electron chi connectivity index (χ4n) is 6.26. The third-order valence-corrected chi connectivity index (χ3v) is 11.2. The molecule has 0 unspecified atom stereocenters. The van der Waals surface area contributed by atoms with E-state index in [1.165, 1.54) is 12.2 Å². The van der Waals surface area contributed by atoms with Crippen molar-refractivity contribution in [3.8, 4) is 34.5 Å². The summed E-state index contributed by atoms with van der Waals surface area (Å²) in [4.78, 5) is 75.2. The number of hydrogen-bond acceptors (Lipinski definition) is 12. The fraction of sp³-hybridized carbons (Fsp3) is 0.429. The number of esters is 4. The summed E-state index contributed by atoms with van der Waals surface area (Å²) in [6.45, 7) is 36.2. The Balaban J connectivity index is 0.000000395. The Morgan fingerprint density at radius 3 is 1.24 bits per heavy atom. The molecule has 0 heterocycles. The zero-order valence-electron chi connectivity index (χ0n) is 47.5. The second-order valence-electron chi connectivity index (χ2n) is 22.8. The molecule has 12 nitrogen and oxygen atoms in total. The van der Waals surface area contributed by atoms with Crippen LogP contribution in [0.5, 0.6) is 34.5 Å². The van der Waals surface area contributed by atoms with Crippen molar-refractivity contribution >= 4 is 47.6 Å². The maximum Gasteiger partial charge on any atom is 0.316 e. The van der Waals surface area contributed by atoms with Gasteiger partial charge in [-0.15, -0.1) is 6.58 Å². The minimum absolute atomic E-state index is 0.199. The number of carbonyl (C=O) groups excluding carboxylic acids is 6. The molecule has 0 amide bonds. The van der Waals surface area contributed by atoms with Crippen molar-refractivity contribution in [1.82, 2.24) is 0 Å². The molecule has 0 radical (unpaired) electrons. The highest BCUT2D eigenvalue weighted by atomic mass is 16.6. The van der Waals surface area contributed by atoms with Crippen molar-refractivity contribution in [2.24, 2.45) is 21.7 Å². The van der Waals surface area contributed by atoms with E-state index in [0.717, 1.165) is 29.5 Å². The largest absolute Gasteiger partial charge is 0.493 e. The van der Waals surface area contributed by atoms with E-state index in [2.05, 4.69) is 13.5 Å². The molecule has 0 N–H and O–H groups in total. The maximum atomic E-state index is 12.9. The molecular formula is C63H80O12. The van der Waals surface area contributed by atoms with Crippen LogP contribution in [0.25, 0.3) is 12.2 Å². The average molecular weight is 1030 g/mol. The summed E-state index contributed by atoms with van der Waals surface area (Å²) in [6.07, 6.45) is 10.5. The van der Waals surface area contributed by atoms with Crippen molar-refractivity contribution in [1.29, 1.82) is 0 Å². The fourth-order valence-corrected chi connectivity index (χ4v) is 6.26. The van der Waals surface area contributed by atoms with Crippen LogP contribution < -0.4 is 28.4 Å². The van der Waals surface area contributed by atoms with Gasteiger partial charge in [-0.05, 0) is 193 Å². The van der Waals surface area contributed by atoms with E-state index >= 15 is 0 Å². The summed E-state index contributed by atoms with van der Waals surface area (Å²) in [5.74, 6) is 0.871. The molecule has 0 atom stereocenters. The van der Waals surface area contributed by atoms with Gasteiger partial charge >= 0.3 is 23.9 Å². The molecule has 0 saturated heterocycles. The molecule has 0 spiro atoms. The van der Waals surface area contributed by atoms with Crippen LogP contribution in [0.1, 0.15) is 174 Å². The third kappa shape index (κ3) is 19.0. The Morgan fingerprint density at radius 1 is 0.467 bits per heavy atom. The Kier molecular flexibility index (Phi) is 21.9. The molecule has 404 valence electrons. The van der Waals surface area contributed by atoms with E-state index in [0.29, 0.717) is 70.8 Å². The molecule has 75 heavy (non-hydrogen) atoms. The molecule has 0 fully saturated rings. The molecule has 0 aliphatic heterocycles. The predicted octanol–water partition coefficient (Wildman–Crippen LogP) is 14.6. The Hall–Kier alpha value is -7.08. The lowest BCUT2D eigenvalue weighted by atomic mass is 9.83. The number of allylic oxidation sites excluding steroid dienone is 3. The molecule has 4 aromatic carbocycles. The highest BCUT2D eigenvalue weighted by Crippen LogP contribution is 2.40. The van der Waals surface area contributed by atoms with E-state index in [-0.39, 0.29) is 35.4 Å². The van der Waals surface area contributed by atoms with E-state index in [9.17, 15) is 28.8 Å². The number of hydrogen-bond donors (Lipinski definition) is 0. The Morgan fingerprint density at radius 2 is 0.853 bits per heavy atom. The van der Waals surface area contributed by atoms with Crippen molar-refractivity contribution in [2.75, 3.05) is 13.2 Å². The zero-order chi connectivity index (χ0) is 56.7.